The number of rotatable bonds is 8. The molecule has 0 aliphatic carbocycles. The number of benzene rings is 2. The van der Waals surface area contributed by atoms with Crippen LogP contribution in [0.1, 0.15) is 38.1 Å². The van der Waals surface area contributed by atoms with Crippen LogP contribution in [-0.2, 0) is 17.8 Å². The molecule has 4 aromatic rings. The highest BCUT2D eigenvalue weighted by Crippen LogP contribution is 2.29. The van der Waals surface area contributed by atoms with Gasteiger partial charge >= 0.3 is 5.97 Å². The Morgan fingerprint density at radius 3 is 2.66 bits per heavy atom. The van der Waals surface area contributed by atoms with Gasteiger partial charge in [0.25, 0.3) is 0 Å². The SMILES string of the molecule is C=C(C)C=CC=C(C)Cn1cc2ccc(-c3nc4cc(C(=O)OC)ccc4n3CC(C)C)cc2n1. The molecule has 2 aromatic heterocycles. The second-order valence-electron chi connectivity index (χ2n) is 9.45. The standard InChI is InChI=1S/C29H32N4O2/c1-19(2)8-7-9-21(5)17-32-18-24-11-10-22(14-25(24)31-32)28-30-26-15-23(29(34)35-6)12-13-27(26)33(28)16-20(3)4/h7-15,18,20H,1,16-17H2,2-6H3. The van der Waals surface area contributed by atoms with Gasteiger partial charge in [0.05, 0.1) is 35.8 Å². The first-order valence-corrected chi connectivity index (χ1v) is 11.8. The number of ether oxygens (including phenoxy) is 1. The fourth-order valence-electron chi connectivity index (χ4n) is 4.12. The predicted molar refractivity (Wildman–Crippen MR) is 142 cm³/mol. The Morgan fingerprint density at radius 1 is 1.14 bits per heavy atom. The fourth-order valence-corrected chi connectivity index (χ4v) is 4.12. The van der Waals surface area contributed by atoms with Crippen molar-refractivity contribution in [2.45, 2.75) is 40.8 Å². The van der Waals surface area contributed by atoms with Gasteiger partial charge in [0.15, 0.2) is 0 Å². The van der Waals surface area contributed by atoms with Crippen LogP contribution in [0.4, 0.5) is 0 Å². The average Bonchev–Trinajstić information content (AvgIpc) is 3.37. The first kappa shape index (κ1) is 24.2. The lowest BCUT2D eigenvalue weighted by Gasteiger charge is -2.12. The molecule has 6 nitrogen and oxygen atoms in total. The van der Waals surface area contributed by atoms with E-state index in [2.05, 4.69) is 62.4 Å². The van der Waals surface area contributed by atoms with Gasteiger partial charge in [-0.2, -0.15) is 5.10 Å². The number of hydrogen-bond acceptors (Lipinski definition) is 4. The third kappa shape index (κ3) is 5.43. The van der Waals surface area contributed by atoms with Gasteiger partial charge in [-0.05, 0) is 44.0 Å². The molecule has 35 heavy (non-hydrogen) atoms. The Hall–Kier alpha value is -3.93. The highest BCUT2D eigenvalue weighted by molar-refractivity contribution is 5.94. The van der Waals surface area contributed by atoms with E-state index in [9.17, 15) is 4.79 Å². The summed E-state index contributed by atoms with van der Waals surface area (Å²) >= 11 is 0. The summed E-state index contributed by atoms with van der Waals surface area (Å²) in [7, 11) is 1.39. The van der Waals surface area contributed by atoms with Crippen LogP contribution in [0.5, 0.6) is 0 Å². The minimum Gasteiger partial charge on any atom is -0.465 e. The van der Waals surface area contributed by atoms with E-state index in [1.165, 1.54) is 12.7 Å². The summed E-state index contributed by atoms with van der Waals surface area (Å²) in [6.45, 7) is 13.9. The van der Waals surface area contributed by atoms with Crippen LogP contribution in [0.2, 0.25) is 0 Å². The molecule has 0 bridgehead atoms. The van der Waals surface area contributed by atoms with E-state index in [4.69, 9.17) is 14.8 Å². The number of imidazole rings is 1. The number of fused-ring (bicyclic) bond motifs is 2. The van der Waals surface area contributed by atoms with Gasteiger partial charge in [-0.15, -0.1) is 0 Å². The predicted octanol–water partition coefficient (Wildman–Crippen LogP) is 6.57. The molecule has 180 valence electrons. The summed E-state index contributed by atoms with van der Waals surface area (Å²) < 4.78 is 9.07. The minimum absolute atomic E-state index is 0.363. The summed E-state index contributed by atoms with van der Waals surface area (Å²) in [5.41, 5.74) is 6.42. The van der Waals surface area contributed by atoms with E-state index in [1.807, 2.05) is 29.8 Å². The molecule has 0 radical (unpaired) electrons. The molecule has 2 aromatic carbocycles. The van der Waals surface area contributed by atoms with E-state index >= 15 is 0 Å². The zero-order chi connectivity index (χ0) is 25.1. The van der Waals surface area contributed by atoms with Crippen LogP contribution in [0.3, 0.4) is 0 Å². The average molecular weight is 469 g/mol. The van der Waals surface area contributed by atoms with Crippen LogP contribution in [0.15, 0.2) is 78.5 Å². The minimum atomic E-state index is -0.363. The summed E-state index contributed by atoms with van der Waals surface area (Å²) in [4.78, 5) is 17.0. The Morgan fingerprint density at radius 2 is 1.94 bits per heavy atom. The van der Waals surface area contributed by atoms with Gasteiger partial charge in [0.2, 0.25) is 0 Å². The van der Waals surface area contributed by atoms with E-state index < -0.39 is 0 Å². The van der Waals surface area contributed by atoms with Crippen molar-refractivity contribution in [3.63, 3.8) is 0 Å². The molecule has 0 aliphatic rings. The lowest BCUT2D eigenvalue weighted by atomic mass is 10.1. The number of allylic oxidation sites excluding steroid dienone is 5. The van der Waals surface area contributed by atoms with Gasteiger partial charge in [0.1, 0.15) is 5.82 Å². The number of methoxy groups -OCH3 is 1. The van der Waals surface area contributed by atoms with E-state index in [1.54, 1.807) is 12.1 Å². The van der Waals surface area contributed by atoms with Gasteiger partial charge in [-0.3, -0.25) is 4.68 Å². The topological polar surface area (TPSA) is 61.9 Å². The van der Waals surface area contributed by atoms with Gasteiger partial charge in [0, 0.05) is 23.7 Å². The molecule has 0 spiro atoms. The van der Waals surface area contributed by atoms with Crippen molar-refractivity contribution in [1.82, 2.24) is 19.3 Å². The van der Waals surface area contributed by atoms with Crippen LogP contribution >= 0.6 is 0 Å². The molecule has 0 fully saturated rings. The van der Waals surface area contributed by atoms with Crippen molar-refractivity contribution in [3.05, 3.63) is 84.1 Å². The first-order valence-electron chi connectivity index (χ1n) is 11.8. The Kier molecular flexibility index (Phi) is 7.01. The second kappa shape index (κ2) is 10.1. The van der Waals surface area contributed by atoms with Crippen molar-refractivity contribution < 1.29 is 9.53 Å². The van der Waals surface area contributed by atoms with Crippen molar-refractivity contribution in [2.75, 3.05) is 7.11 Å². The highest BCUT2D eigenvalue weighted by Gasteiger charge is 2.17. The monoisotopic (exact) mass is 468 g/mol. The molecule has 4 rings (SSSR count). The highest BCUT2D eigenvalue weighted by atomic mass is 16.5. The van der Waals surface area contributed by atoms with E-state index in [0.29, 0.717) is 18.0 Å². The first-order chi connectivity index (χ1) is 16.7. The molecular formula is C29H32N4O2. The summed E-state index contributed by atoms with van der Waals surface area (Å²) in [6, 6.07) is 11.8. The van der Waals surface area contributed by atoms with Crippen molar-refractivity contribution in [3.8, 4) is 11.4 Å². The maximum absolute atomic E-state index is 12.0. The number of hydrogen-bond donors (Lipinski definition) is 0. The molecule has 0 amide bonds. The Bertz CT molecular complexity index is 1470. The maximum atomic E-state index is 12.0. The smallest absolute Gasteiger partial charge is 0.337 e. The number of esters is 1. The summed E-state index contributed by atoms with van der Waals surface area (Å²) in [5, 5.41) is 5.89. The molecule has 2 heterocycles. The van der Waals surface area contributed by atoms with Crippen molar-refractivity contribution >= 4 is 27.9 Å². The van der Waals surface area contributed by atoms with Gasteiger partial charge < -0.3 is 9.30 Å². The number of carbonyl (C=O) groups is 1. The van der Waals surface area contributed by atoms with Crippen LogP contribution in [-0.4, -0.2) is 32.4 Å². The van der Waals surface area contributed by atoms with Crippen molar-refractivity contribution in [1.29, 1.82) is 0 Å². The fraction of sp³-hybridized carbons (Fsp3) is 0.276. The Balaban J connectivity index is 1.72. The molecular weight excluding hydrogens is 436 g/mol. The molecule has 0 saturated carbocycles. The normalized spacial score (nSPS) is 12.3. The zero-order valence-electron chi connectivity index (χ0n) is 21.1. The van der Waals surface area contributed by atoms with Crippen LogP contribution in [0.25, 0.3) is 33.3 Å². The number of nitrogens with zero attached hydrogens (tertiary/aromatic N) is 4. The summed E-state index contributed by atoms with van der Waals surface area (Å²) in [5.74, 6) is 0.939. The molecule has 6 heteroatoms. The maximum Gasteiger partial charge on any atom is 0.337 e. The molecule has 0 aliphatic heterocycles. The quantitative estimate of drug-likeness (QED) is 0.217. The largest absolute Gasteiger partial charge is 0.465 e. The number of carbonyl (C=O) groups excluding carboxylic acids is 1. The molecule has 0 saturated heterocycles. The third-order valence-electron chi connectivity index (χ3n) is 5.70. The third-order valence-corrected chi connectivity index (χ3v) is 5.70. The molecule has 0 N–H and O–H groups in total. The van der Waals surface area contributed by atoms with E-state index in [0.717, 1.165) is 45.4 Å². The van der Waals surface area contributed by atoms with Crippen LogP contribution < -0.4 is 0 Å². The lowest BCUT2D eigenvalue weighted by molar-refractivity contribution is 0.0601. The number of aromatic nitrogens is 4. The Labute approximate surface area is 206 Å². The summed E-state index contributed by atoms with van der Waals surface area (Å²) in [6.07, 6.45) is 8.17. The van der Waals surface area contributed by atoms with Crippen molar-refractivity contribution in [2.24, 2.45) is 5.92 Å². The van der Waals surface area contributed by atoms with Gasteiger partial charge in [-0.1, -0.05) is 61.9 Å². The second-order valence-corrected chi connectivity index (χ2v) is 9.45. The van der Waals surface area contributed by atoms with Crippen LogP contribution in [0, 0.1) is 5.92 Å². The lowest BCUT2D eigenvalue weighted by Crippen LogP contribution is -2.06. The van der Waals surface area contributed by atoms with Gasteiger partial charge in [-0.25, -0.2) is 9.78 Å². The molecule has 0 atom stereocenters. The molecule has 0 unspecified atom stereocenters. The van der Waals surface area contributed by atoms with E-state index in [-0.39, 0.29) is 5.97 Å². The zero-order valence-corrected chi connectivity index (χ0v) is 21.1.